The summed E-state index contributed by atoms with van der Waals surface area (Å²) in [7, 11) is 1.70. The lowest BCUT2D eigenvalue weighted by Crippen LogP contribution is -2.41. The Morgan fingerprint density at radius 3 is 2.86 bits per heavy atom. The number of fused-ring (bicyclic) bond motifs is 2. The average Bonchev–Trinajstić information content (AvgIpc) is 3.40. The van der Waals surface area contributed by atoms with E-state index in [9.17, 15) is 14.7 Å². The summed E-state index contributed by atoms with van der Waals surface area (Å²) in [4.78, 5) is 30.1. The van der Waals surface area contributed by atoms with Gasteiger partial charge in [0.25, 0.3) is 11.8 Å². The molecule has 0 bridgehead atoms. The van der Waals surface area contributed by atoms with Crippen molar-refractivity contribution in [3.8, 4) is 23.1 Å². The molecular formula is C22H18N4O3. The molecule has 144 valence electrons. The molecule has 3 atom stereocenters. The summed E-state index contributed by atoms with van der Waals surface area (Å²) in [5.41, 5.74) is 6.62. The maximum atomic E-state index is 12.3. The van der Waals surface area contributed by atoms with Crippen LogP contribution < -0.4 is 5.73 Å². The van der Waals surface area contributed by atoms with Crippen molar-refractivity contribution in [1.29, 1.82) is 0 Å². The highest BCUT2D eigenvalue weighted by Gasteiger charge is 2.66. The van der Waals surface area contributed by atoms with Gasteiger partial charge in [0.2, 0.25) is 11.4 Å². The monoisotopic (exact) mass is 386 g/mol. The Morgan fingerprint density at radius 1 is 1.31 bits per heavy atom. The van der Waals surface area contributed by atoms with E-state index >= 15 is 0 Å². The van der Waals surface area contributed by atoms with Crippen LogP contribution in [0.25, 0.3) is 16.8 Å². The Labute approximate surface area is 166 Å². The number of carbonyl (C=O) groups excluding carboxylic acids is 2. The lowest BCUT2D eigenvalue weighted by molar-refractivity contribution is -0.140. The van der Waals surface area contributed by atoms with Crippen LogP contribution in [0.5, 0.6) is 0 Å². The van der Waals surface area contributed by atoms with Gasteiger partial charge in [0.1, 0.15) is 0 Å². The normalized spacial score (nSPS) is 24.9. The van der Waals surface area contributed by atoms with Gasteiger partial charge in [-0.15, -0.1) is 0 Å². The van der Waals surface area contributed by atoms with Crippen LogP contribution >= 0.6 is 0 Å². The number of rotatable bonds is 2. The molecule has 3 N–H and O–H groups in total. The lowest BCUT2D eigenvalue weighted by Gasteiger charge is -2.18. The van der Waals surface area contributed by atoms with E-state index in [0.717, 1.165) is 17.5 Å². The molecule has 5 rings (SSSR count). The number of pyridine rings is 1. The minimum Gasteiger partial charge on any atom is -0.369 e. The Morgan fingerprint density at radius 2 is 2.14 bits per heavy atom. The first-order valence-corrected chi connectivity index (χ1v) is 9.30. The second-order valence-corrected chi connectivity index (χ2v) is 7.53. The van der Waals surface area contributed by atoms with Gasteiger partial charge in [0.15, 0.2) is 0 Å². The first-order chi connectivity index (χ1) is 13.9. The highest BCUT2D eigenvalue weighted by molar-refractivity contribution is 5.94. The average molecular weight is 386 g/mol. The van der Waals surface area contributed by atoms with Crippen LogP contribution in [-0.4, -0.2) is 49.9 Å². The minimum absolute atomic E-state index is 0.0947. The molecule has 7 nitrogen and oxygen atoms in total. The molecule has 1 aliphatic carbocycles. The molecule has 3 unspecified atom stereocenters. The van der Waals surface area contributed by atoms with Gasteiger partial charge in [0.05, 0.1) is 11.2 Å². The number of aromatic nitrogens is 2. The Bertz CT molecular complexity index is 1250. The maximum absolute atomic E-state index is 12.3. The van der Waals surface area contributed by atoms with Gasteiger partial charge < -0.3 is 15.7 Å². The van der Waals surface area contributed by atoms with Crippen LogP contribution in [0.15, 0.2) is 48.7 Å². The fraction of sp³-hybridized carbons (Fsp3) is 0.227. The summed E-state index contributed by atoms with van der Waals surface area (Å²) in [5.74, 6) is 4.83. The van der Waals surface area contributed by atoms with E-state index in [2.05, 4.69) is 16.8 Å². The maximum Gasteiger partial charge on any atom is 0.285 e. The van der Waals surface area contributed by atoms with Gasteiger partial charge in [-0.3, -0.25) is 14.0 Å². The summed E-state index contributed by atoms with van der Waals surface area (Å²) < 4.78 is 1.65. The van der Waals surface area contributed by atoms with E-state index in [-0.39, 0.29) is 23.7 Å². The molecule has 3 aromatic rings. The third kappa shape index (κ3) is 2.53. The second kappa shape index (κ2) is 5.93. The van der Waals surface area contributed by atoms with Crippen molar-refractivity contribution in [2.24, 2.45) is 11.7 Å². The van der Waals surface area contributed by atoms with E-state index < -0.39 is 11.5 Å². The summed E-state index contributed by atoms with van der Waals surface area (Å²) in [6, 6.07) is 12.9. The number of nitrogens with two attached hydrogens (primary N) is 1. The molecule has 2 aliphatic rings. The van der Waals surface area contributed by atoms with Crippen molar-refractivity contribution in [2.75, 3.05) is 7.05 Å². The van der Waals surface area contributed by atoms with Gasteiger partial charge in [-0.1, -0.05) is 30.0 Å². The Balaban J connectivity index is 1.55. The van der Waals surface area contributed by atoms with Gasteiger partial charge >= 0.3 is 0 Å². The smallest absolute Gasteiger partial charge is 0.285 e. The van der Waals surface area contributed by atoms with Crippen LogP contribution in [0.3, 0.4) is 0 Å². The quantitative estimate of drug-likeness (QED) is 0.643. The number of aliphatic hydroxyl groups is 1. The molecule has 1 saturated carbocycles. The van der Waals surface area contributed by atoms with Crippen LogP contribution in [0.2, 0.25) is 0 Å². The number of imidazole rings is 1. The zero-order valence-electron chi connectivity index (χ0n) is 15.7. The molecule has 7 heteroatoms. The van der Waals surface area contributed by atoms with Crippen molar-refractivity contribution in [1.82, 2.24) is 14.3 Å². The van der Waals surface area contributed by atoms with E-state index in [1.807, 2.05) is 30.3 Å². The molecule has 1 saturated heterocycles. The number of piperidine rings is 1. The zero-order valence-corrected chi connectivity index (χ0v) is 15.7. The molecule has 1 aliphatic heterocycles. The number of likely N-dealkylation sites (tertiary alicyclic amines) is 1. The topological polar surface area (TPSA) is 101 Å². The van der Waals surface area contributed by atoms with Gasteiger partial charge in [-0.25, -0.2) is 4.98 Å². The van der Waals surface area contributed by atoms with Crippen molar-refractivity contribution >= 4 is 17.3 Å². The second-order valence-electron chi connectivity index (χ2n) is 7.53. The van der Waals surface area contributed by atoms with Gasteiger partial charge in [-0.2, -0.15) is 0 Å². The standard InChI is InChI=1S/C22H18N4O3/c1-25-17-12-15(17)22(29,21(25)28)9-8-13-5-4-6-14(11-13)18-16-7-2-3-10-26(16)20(24-18)19(23)27/h2-7,10-11,15,17,29H,12H2,1H3,(H2,23,27). The number of likely N-dealkylation sites (N-methyl/N-ethyl adjacent to an activating group) is 1. The molecule has 29 heavy (non-hydrogen) atoms. The van der Waals surface area contributed by atoms with Crippen LogP contribution in [0.4, 0.5) is 0 Å². The van der Waals surface area contributed by atoms with Crippen molar-refractivity contribution in [3.05, 3.63) is 60.0 Å². The predicted molar refractivity (Wildman–Crippen MR) is 106 cm³/mol. The third-order valence-corrected chi connectivity index (χ3v) is 5.74. The number of benzene rings is 1. The minimum atomic E-state index is -1.62. The van der Waals surface area contributed by atoms with E-state index in [4.69, 9.17) is 5.73 Å². The highest BCUT2D eigenvalue weighted by Crippen LogP contribution is 2.50. The van der Waals surface area contributed by atoms with Crippen LogP contribution in [0.1, 0.15) is 22.6 Å². The Kier molecular flexibility index (Phi) is 3.57. The number of hydrogen-bond donors (Lipinski definition) is 2. The van der Waals surface area contributed by atoms with Crippen molar-refractivity contribution in [3.63, 3.8) is 0 Å². The van der Waals surface area contributed by atoms with E-state index in [1.165, 1.54) is 0 Å². The molecule has 3 heterocycles. The summed E-state index contributed by atoms with van der Waals surface area (Å²) in [6.07, 6.45) is 2.52. The first kappa shape index (κ1) is 17.5. The SMILES string of the molecule is CN1C(=O)C(O)(C#Cc2cccc(-c3nc(C(N)=O)n4ccccc34)c2)C2CC21. The van der Waals surface area contributed by atoms with E-state index in [1.54, 1.807) is 34.7 Å². The van der Waals surface area contributed by atoms with Crippen LogP contribution in [-0.2, 0) is 4.79 Å². The largest absolute Gasteiger partial charge is 0.369 e. The summed E-state index contributed by atoms with van der Waals surface area (Å²) >= 11 is 0. The summed E-state index contributed by atoms with van der Waals surface area (Å²) in [5, 5.41) is 10.8. The Hall–Kier alpha value is -3.63. The summed E-state index contributed by atoms with van der Waals surface area (Å²) in [6.45, 7) is 0. The molecular weight excluding hydrogens is 368 g/mol. The molecule has 2 fully saturated rings. The van der Waals surface area contributed by atoms with Gasteiger partial charge in [0, 0.05) is 36.3 Å². The van der Waals surface area contributed by atoms with Crippen molar-refractivity contribution < 1.29 is 14.7 Å². The number of nitrogens with zero attached hydrogens (tertiary/aromatic N) is 3. The van der Waals surface area contributed by atoms with Crippen LogP contribution in [0, 0.1) is 17.8 Å². The highest BCUT2D eigenvalue weighted by atomic mass is 16.3. The number of primary amides is 1. The first-order valence-electron chi connectivity index (χ1n) is 9.30. The van der Waals surface area contributed by atoms with Crippen molar-refractivity contribution in [2.45, 2.75) is 18.1 Å². The third-order valence-electron chi connectivity index (χ3n) is 5.74. The molecule has 0 spiro atoms. The van der Waals surface area contributed by atoms with E-state index in [0.29, 0.717) is 11.3 Å². The number of hydrogen-bond acceptors (Lipinski definition) is 4. The molecule has 1 aromatic carbocycles. The number of amides is 2. The lowest BCUT2D eigenvalue weighted by atomic mass is 9.98. The number of carbonyl (C=O) groups is 2. The molecule has 2 amide bonds. The molecule has 0 radical (unpaired) electrons. The fourth-order valence-electron chi connectivity index (χ4n) is 4.12. The zero-order chi connectivity index (χ0) is 20.3. The van der Waals surface area contributed by atoms with Gasteiger partial charge in [-0.05, 0) is 30.7 Å². The molecule has 2 aromatic heterocycles. The fourth-order valence-corrected chi connectivity index (χ4v) is 4.12. The predicted octanol–water partition coefficient (Wildman–Crippen LogP) is 1.04.